The lowest BCUT2D eigenvalue weighted by Gasteiger charge is -2.38. The number of rotatable bonds is 4. The number of hydrogen-bond acceptors (Lipinski definition) is 7. The van der Waals surface area contributed by atoms with Gasteiger partial charge in [0.15, 0.2) is 5.65 Å². The summed E-state index contributed by atoms with van der Waals surface area (Å²) in [6.45, 7) is 6.50. The number of carbonyl (C=O) groups excluding carboxylic acids is 2. The molecule has 0 aromatic carbocycles. The molecule has 3 heterocycles. The minimum absolute atomic E-state index is 0.112. The lowest BCUT2D eigenvalue weighted by Crippen LogP contribution is -2.56. The van der Waals surface area contributed by atoms with Gasteiger partial charge in [-0.1, -0.05) is 0 Å². The van der Waals surface area contributed by atoms with E-state index >= 15 is 0 Å². The van der Waals surface area contributed by atoms with Crippen LogP contribution in [0.5, 0.6) is 0 Å². The Labute approximate surface area is 172 Å². The molecule has 9 nitrogen and oxygen atoms in total. The molecule has 0 saturated carbocycles. The Balaban J connectivity index is 1.83. The summed E-state index contributed by atoms with van der Waals surface area (Å²) in [6, 6.07) is 0.692. The van der Waals surface area contributed by atoms with E-state index in [0.29, 0.717) is 0 Å². The third kappa shape index (κ3) is 5.14. The van der Waals surface area contributed by atoms with Gasteiger partial charge in [-0.05, 0) is 33.8 Å². The van der Waals surface area contributed by atoms with E-state index in [1.165, 1.54) is 27.9 Å². The maximum absolute atomic E-state index is 14.4. The molecule has 0 spiro atoms. The van der Waals surface area contributed by atoms with Gasteiger partial charge in [0.2, 0.25) is 0 Å². The lowest BCUT2D eigenvalue weighted by molar-refractivity contribution is -0.0231. The summed E-state index contributed by atoms with van der Waals surface area (Å²) >= 11 is 0. The zero-order valence-electron chi connectivity index (χ0n) is 17.3. The molecule has 30 heavy (non-hydrogen) atoms. The van der Waals surface area contributed by atoms with Gasteiger partial charge in [0, 0.05) is 19.2 Å². The fourth-order valence-electron chi connectivity index (χ4n) is 3.23. The Bertz CT molecular complexity index is 941. The number of amides is 1. The molecule has 0 bridgehead atoms. The summed E-state index contributed by atoms with van der Waals surface area (Å²) in [4.78, 5) is 29.8. The van der Waals surface area contributed by atoms with Crippen LogP contribution in [0, 0.1) is 0 Å². The number of ether oxygens (including phenoxy) is 2. The highest BCUT2D eigenvalue weighted by Gasteiger charge is 2.42. The minimum Gasteiger partial charge on any atom is -0.462 e. The number of halogens is 2. The largest absolute Gasteiger partial charge is 0.462 e. The smallest absolute Gasteiger partial charge is 0.407 e. The van der Waals surface area contributed by atoms with Gasteiger partial charge in [-0.25, -0.2) is 27.9 Å². The standard InChI is InChI=1S/C19H25F2N5O4/c1-5-29-16(27)13-9-22-26-7-6-14(24-15(13)26)25-10-12(8-19(20,21)11-25)23-17(28)30-18(2,3)4/h6-7,9,12H,5,8,10-11H2,1-4H3,(H,23,28)/t12-/m1/s1. The van der Waals surface area contributed by atoms with Crippen LogP contribution in [-0.4, -0.2) is 63.9 Å². The van der Waals surface area contributed by atoms with Crippen molar-refractivity contribution in [3.63, 3.8) is 0 Å². The van der Waals surface area contributed by atoms with E-state index in [-0.39, 0.29) is 30.2 Å². The first-order valence-electron chi connectivity index (χ1n) is 9.61. The molecule has 1 aliphatic heterocycles. The predicted octanol–water partition coefficient (Wildman–Crippen LogP) is 2.64. The number of piperidine rings is 1. The molecule has 1 fully saturated rings. The zero-order chi connectivity index (χ0) is 22.1. The van der Waals surface area contributed by atoms with Crippen molar-refractivity contribution in [3.05, 3.63) is 24.0 Å². The van der Waals surface area contributed by atoms with E-state index in [4.69, 9.17) is 9.47 Å². The molecule has 1 amide bonds. The first-order valence-corrected chi connectivity index (χ1v) is 9.61. The Hall–Kier alpha value is -2.98. The second-order valence-corrected chi connectivity index (χ2v) is 8.12. The van der Waals surface area contributed by atoms with Crippen LogP contribution in [0.1, 0.15) is 44.5 Å². The van der Waals surface area contributed by atoms with Crippen LogP contribution < -0.4 is 10.2 Å². The fourth-order valence-corrected chi connectivity index (χ4v) is 3.23. The minimum atomic E-state index is -3.05. The third-order valence-corrected chi connectivity index (χ3v) is 4.30. The molecule has 1 atom stereocenters. The van der Waals surface area contributed by atoms with E-state index in [2.05, 4.69) is 15.4 Å². The van der Waals surface area contributed by atoms with Gasteiger partial charge in [0.25, 0.3) is 5.92 Å². The van der Waals surface area contributed by atoms with Gasteiger partial charge >= 0.3 is 12.1 Å². The number of anilines is 1. The van der Waals surface area contributed by atoms with E-state index in [0.717, 1.165) is 0 Å². The van der Waals surface area contributed by atoms with Gasteiger partial charge in [-0.3, -0.25) is 0 Å². The first-order chi connectivity index (χ1) is 14.0. The van der Waals surface area contributed by atoms with Crippen LogP contribution in [0.2, 0.25) is 0 Å². The molecule has 1 N–H and O–H groups in total. The van der Waals surface area contributed by atoms with Gasteiger partial charge in [-0.2, -0.15) is 5.10 Å². The molecule has 1 aliphatic rings. The second kappa shape index (κ2) is 8.04. The van der Waals surface area contributed by atoms with Crippen LogP contribution in [0.25, 0.3) is 5.65 Å². The number of aromatic nitrogens is 3. The lowest BCUT2D eigenvalue weighted by atomic mass is 10.0. The molecule has 0 aliphatic carbocycles. The maximum atomic E-state index is 14.4. The quantitative estimate of drug-likeness (QED) is 0.752. The topological polar surface area (TPSA) is 98.1 Å². The summed E-state index contributed by atoms with van der Waals surface area (Å²) in [5.74, 6) is -3.40. The molecule has 1 saturated heterocycles. The molecule has 0 unspecified atom stereocenters. The van der Waals surface area contributed by atoms with Gasteiger partial charge < -0.3 is 19.7 Å². The first kappa shape index (κ1) is 21.7. The summed E-state index contributed by atoms with van der Waals surface area (Å²) in [5.41, 5.74) is -0.388. The zero-order valence-corrected chi connectivity index (χ0v) is 17.3. The number of esters is 1. The molecular formula is C19H25F2N5O4. The maximum Gasteiger partial charge on any atom is 0.407 e. The van der Waals surface area contributed by atoms with Gasteiger partial charge in [0.05, 0.1) is 25.4 Å². The van der Waals surface area contributed by atoms with Crippen molar-refractivity contribution in [1.29, 1.82) is 0 Å². The van der Waals surface area contributed by atoms with E-state index < -0.39 is 42.6 Å². The van der Waals surface area contributed by atoms with Crippen molar-refractivity contribution in [2.75, 3.05) is 24.6 Å². The van der Waals surface area contributed by atoms with Crippen LogP contribution in [0.4, 0.5) is 19.4 Å². The summed E-state index contributed by atoms with van der Waals surface area (Å²) in [5, 5.41) is 6.55. The Kier molecular flexibility index (Phi) is 5.82. The number of alkyl carbamates (subject to hydrolysis) is 1. The van der Waals surface area contributed by atoms with Crippen LogP contribution in [-0.2, 0) is 9.47 Å². The van der Waals surface area contributed by atoms with Crippen molar-refractivity contribution in [1.82, 2.24) is 19.9 Å². The number of hydrogen-bond donors (Lipinski definition) is 1. The molecule has 3 rings (SSSR count). The molecular weight excluding hydrogens is 400 g/mol. The highest BCUT2D eigenvalue weighted by atomic mass is 19.3. The van der Waals surface area contributed by atoms with Crippen LogP contribution >= 0.6 is 0 Å². The van der Waals surface area contributed by atoms with Crippen molar-refractivity contribution >= 4 is 23.5 Å². The molecule has 2 aromatic heterocycles. The molecule has 2 aromatic rings. The molecule has 0 radical (unpaired) electrons. The Morgan fingerprint density at radius 3 is 2.77 bits per heavy atom. The SMILES string of the molecule is CCOC(=O)c1cnn2ccc(N3C[C@H](NC(=O)OC(C)(C)C)CC(F)(F)C3)nc12. The monoisotopic (exact) mass is 425 g/mol. The van der Waals surface area contributed by atoms with Crippen LogP contribution in [0.15, 0.2) is 18.5 Å². The Morgan fingerprint density at radius 1 is 1.37 bits per heavy atom. The number of nitrogens with one attached hydrogen (secondary N) is 1. The number of carbonyl (C=O) groups is 2. The molecule has 11 heteroatoms. The van der Waals surface area contributed by atoms with E-state index in [1.807, 2.05) is 0 Å². The highest BCUT2D eigenvalue weighted by Crippen LogP contribution is 2.30. The normalized spacial score (nSPS) is 18.9. The van der Waals surface area contributed by atoms with E-state index in [9.17, 15) is 18.4 Å². The second-order valence-electron chi connectivity index (χ2n) is 8.12. The summed E-state index contributed by atoms with van der Waals surface area (Å²) < 4.78 is 40.3. The average molecular weight is 425 g/mol. The molecule has 164 valence electrons. The van der Waals surface area contributed by atoms with Crippen LogP contribution in [0.3, 0.4) is 0 Å². The van der Waals surface area contributed by atoms with Crippen molar-refractivity contribution < 1.29 is 27.8 Å². The highest BCUT2D eigenvalue weighted by molar-refractivity contribution is 5.95. The average Bonchev–Trinajstić information content (AvgIpc) is 3.02. The summed E-state index contributed by atoms with van der Waals surface area (Å²) in [6.07, 6.45) is 1.59. The number of fused-ring (bicyclic) bond motifs is 1. The van der Waals surface area contributed by atoms with Gasteiger partial charge in [0.1, 0.15) is 17.0 Å². The van der Waals surface area contributed by atoms with Crippen molar-refractivity contribution in [2.24, 2.45) is 0 Å². The predicted molar refractivity (Wildman–Crippen MR) is 104 cm³/mol. The van der Waals surface area contributed by atoms with Crippen molar-refractivity contribution in [3.8, 4) is 0 Å². The van der Waals surface area contributed by atoms with Crippen molar-refractivity contribution in [2.45, 2.75) is 51.7 Å². The summed E-state index contributed by atoms with van der Waals surface area (Å²) in [7, 11) is 0. The fraction of sp³-hybridized carbons (Fsp3) is 0.579. The van der Waals surface area contributed by atoms with E-state index in [1.54, 1.807) is 27.7 Å². The van der Waals surface area contributed by atoms with Gasteiger partial charge in [-0.15, -0.1) is 0 Å². The number of nitrogens with zero attached hydrogens (tertiary/aromatic N) is 4. The third-order valence-electron chi connectivity index (χ3n) is 4.30. The number of alkyl halides is 2. The Morgan fingerprint density at radius 2 is 2.10 bits per heavy atom.